The van der Waals surface area contributed by atoms with Gasteiger partial charge in [-0.15, -0.1) is 0 Å². The molecule has 70 valence electrons. The molecule has 1 aliphatic carbocycles. The van der Waals surface area contributed by atoms with Gasteiger partial charge in [-0.1, -0.05) is 0 Å². The molecule has 13 heavy (non-hydrogen) atoms. The van der Waals surface area contributed by atoms with Crippen LogP contribution in [0.3, 0.4) is 0 Å². The molecule has 2 aliphatic heterocycles. The Hall–Kier alpha value is -0.830. The quantitative estimate of drug-likeness (QED) is 0.601. The predicted octanol–water partition coefficient (Wildman–Crippen LogP) is 0.893. The zero-order chi connectivity index (χ0) is 9.00. The van der Waals surface area contributed by atoms with E-state index < -0.39 is 0 Å². The lowest BCUT2D eigenvalue weighted by atomic mass is 9.80. The molecule has 2 saturated heterocycles. The Bertz CT molecular complexity index is 295. The second-order valence-corrected chi connectivity index (χ2v) is 4.00. The van der Waals surface area contributed by atoms with Crippen LogP contribution in [0.2, 0.25) is 0 Å². The van der Waals surface area contributed by atoms with Gasteiger partial charge in [-0.2, -0.15) is 0 Å². The average Bonchev–Trinajstić information content (AvgIpc) is 2.76. The topological polar surface area (TPSA) is 35.5 Å². The van der Waals surface area contributed by atoms with Crippen molar-refractivity contribution in [1.82, 2.24) is 0 Å². The Balaban J connectivity index is 1.98. The molecule has 3 nitrogen and oxygen atoms in total. The number of methoxy groups -OCH3 is 1. The van der Waals surface area contributed by atoms with Crippen molar-refractivity contribution < 1.29 is 14.3 Å². The van der Waals surface area contributed by atoms with Gasteiger partial charge in [0, 0.05) is 6.08 Å². The van der Waals surface area contributed by atoms with Gasteiger partial charge in [0.25, 0.3) is 0 Å². The molecule has 0 spiro atoms. The van der Waals surface area contributed by atoms with Crippen LogP contribution >= 0.6 is 0 Å². The number of hydrogen-bond acceptors (Lipinski definition) is 3. The number of rotatable bonds is 1. The van der Waals surface area contributed by atoms with Crippen molar-refractivity contribution in [3.63, 3.8) is 0 Å². The lowest BCUT2D eigenvalue weighted by Crippen LogP contribution is -2.29. The summed E-state index contributed by atoms with van der Waals surface area (Å²) in [5.41, 5.74) is 0. The second-order valence-electron chi connectivity index (χ2n) is 4.00. The number of ketones is 1. The second kappa shape index (κ2) is 2.35. The molecular weight excluding hydrogens is 168 g/mol. The minimum Gasteiger partial charge on any atom is -0.501 e. The fourth-order valence-corrected chi connectivity index (χ4v) is 2.93. The van der Waals surface area contributed by atoms with E-state index in [0.29, 0.717) is 0 Å². The highest BCUT2D eigenvalue weighted by molar-refractivity contribution is 5.96. The molecule has 0 aromatic carbocycles. The minimum atomic E-state index is 0.0775. The maximum atomic E-state index is 11.6. The van der Waals surface area contributed by atoms with Crippen LogP contribution in [0, 0.1) is 11.8 Å². The van der Waals surface area contributed by atoms with Crippen molar-refractivity contribution >= 4 is 5.78 Å². The first-order valence-corrected chi connectivity index (χ1v) is 4.76. The van der Waals surface area contributed by atoms with Crippen LogP contribution in [0.5, 0.6) is 0 Å². The molecule has 0 aromatic heterocycles. The van der Waals surface area contributed by atoms with E-state index in [4.69, 9.17) is 9.47 Å². The van der Waals surface area contributed by atoms with Crippen molar-refractivity contribution in [2.75, 3.05) is 7.11 Å². The standard InChI is InChI=1S/C10H12O3/c1-12-8-4-5(11)9-6-2-3-7(13-6)10(8)9/h4,6-7,9-10H,2-3H2,1H3. The Morgan fingerprint density at radius 3 is 2.77 bits per heavy atom. The molecule has 3 heteroatoms. The summed E-state index contributed by atoms with van der Waals surface area (Å²) in [5.74, 6) is 1.35. The van der Waals surface area contributed by atoms with E-state index in [-0.39, 0.29) is 29.8 Å². The van der Waals surface area contributed by atoms with Crippen molar-refractivity contribution in [2.45, 2.75) is 25.0 Å². The Morgan fingerprint density at radius 1 is 1.38 bits per heavy atom. The van der Waals surface area contributed by atoms with Gasteiger partial charge in [0.1, 0.15) is 5.76 Å². The summed E-state index contributed by atoms with van der Waals surface area (Å²) < 4.78 is 10.9. The Morgan fingerprint density at radius 2 is 2.08 bits per heavy atom. The first-order valence-electron chi connectivity index (χ1n) is 4.76. The number of ether oxygens (including phenoxy) is 2. The highest BCUT2D eigenvalue weighted by atomic mass is 16.5. The van der Waals surface area contributed by atoms with Crippen molar-refractivity contribution in [2.24, 2.45) is 11.8 Å². The summed E-state index contributed by atoms with van der Waals surface area (Å²) in [6, 6.07) is 0. The minimum absolute atomic E-state index is 0.0775. The molecule has 2 heterocycles. The van der Waals surface area contributed by atoms with Crippen LogP contribution in [0.15, 0.2) is 11.8 Å². The van der Waals surface area contributed by atoms with E-state index in [1.165, 1.54) is 0 Å². The number of carbonyl (C=O) groups is 1. The van der Waals surface area contributed by atoms with Crippen LogP contribution in [0.4, 0.5) is 0 Å². The van der Waals surface area contributed by atoms with Crippen molar-refractivity contribution in [3.05, 3.63) is 11.8 Å². The van der Waals surface area contributed by atoms with Crippen LogP contribution in [-0.2, 0) is 14.3 Å². The third-order valence-electron chi connectivity index (χ3n) is 3.45. The molecule has 2 bridgehead atoms. The normalized spacial score (nSPS) is 46.5. The highest BCUT2D eigenvalue weighted by Crippen LogP contribution is 2.50. The summed E-state index contributed by atoms with van der Waals surface area (Å²) in [7, 11) is 1.63. The van der Waals surface area contributed by atoms with Crippen LogP contribution in [-0.4, -0.2) is 25.1 Å². The molecule has 3 aliphatic rings. The largest absolute Gasteiger partial charge is 0.501 e. The van der Waals surface area contributed by atoms with Gasteiger partial charge in [-0.05, 0) is 12.8 Å². The van der Waals surface area contributed by atoms with Crippen LogP contribution < -0.4 is 0 Å². The molecule has 2 fully saturated rings. The molecule has 4 unspecified atom stereocenters. The maximum Gasteiger partial charge on any atom is 0.165 e. The molecule has 0 amide bonds. The lowest BCUT2D eigenvalue weighted by Gasteiger charge is -2.21. The van der Waals surface area contributed by atoms with Gasteiger partial charge >= 0.3 is 0 Å². The van der Waals surface area contributed by atoms with Gasteiger partial charge in [-0.25, -0.2) is 0 Å². The van der Waals surface area contributed by atoms with Gasteiger partial charge in [0.15, 0.2) is 5.78 Å². The van der Waals surface area contributed by atoms with E-state index in [0.717, 1.165) is 18.6 Å². The third kappa shape index (κ3) is 0.804. The van der Waals surface area contributed by atoms with E-state index in [1.54, 1.807) is 13.2 Å². The van der Waals surface area contributed by atoms with Gasteiger partial charge in [0.05, 0.1) is 31.2 Å². The SMILES string of the molecule is COC1=CC(=O)C2C3CCC(O3)C12. The van der Waals surface area contributed by atoms with E-state index >= 15 is 0 Å². The van der Waals surface area contributed by atoms with Crippen molar-refractivity contribution in [3.8, 4) is 0 Å². The summed E-state index contributed by atoms with van der Waals surface area (Å²) >= 11 is 0. The van der Waals surface area contributed by atoms with Gasteiger partial charge < -0.3 is 9.47 Å². The van der Waals surface area contributed by atoms with E-state index in [1.807, 2.05) is 0 Å². The monoisotopic (exact) mass is 180 g/mol. The average molecular weight is 180 g/mol. The molecule has 0 saturated carbocycles. The van der Waals surface area contributed by atoms with Gasteiger partial charge in [0.2, 0.25) is 0 Å². The third-order valence-corrected chi connectivity index (χ3v) is 3.45. The molecule has 4 atom stereocenters. The fraction of sp³-hybridized carbons (Fsp3) is 0.700. The Labute approximate surface area is 76.7 Å². The summed E-state index contributed by atoms with van der Waals surface area (Å²) in [6.45, 7) is 0. The van der Waals surface area contributed by atoms with Crippen LogP contribution in [0.1, 0.15) is 12.8 Å². The summed E-state index contributed by atoms with van der Waals surface area (Å²) in [6.07, 6.45) is 4.20. The molecular formula is C10H12O3. The summed E-state index contributed by atoms with van der Waals surface area (Å²) in [4.78, 5) is 11.6. The molecule has 0 N–H and O–H groups in total. The number of hydrogen-bond donors (Lipinski definition) is 0. The molecule has 3 rings (SSSR count). The fourth-order valence-electron chi connectivity index (χ4n) is 2.93. The zero-order valence-corrected chi connectivity index (χ0v) is 7.53. The predicted molar refractivity (Wildman–Crippen MR) is 45.0 cm³/mol. The first-order chi connectivity index (χ1) is 6.31. The molecule has 0 aromatic rings. The smallest absolute Gasteiger partial charge is 0.165 e. The van der Waals surface area contributed by atoms with Crippen molar-refractivity contribution in [1.29, 1.82) is 0 Å². The molecule has 0 radical (unpaired) electrons. The van der Waals surface area contributed by atoms with Crippen LogP contribution in [0.25, 0.3) is 0 Å². The highest BCUT2D eigenvalue weighted by Gasteiger charge is 2.56. The van der Waals surface area contributed by atoms with E-state index in [2.05, 4.69) is 0 Å². The maximum absolute atomic E-state index is 11.6. The van der Waals surface area contributed by atoms with Gasteiger partial charge in [-0.3, -0.25) is 4.79 Å². The Kier molecular flexibility index (Phi) is 1.37. The number of allylic oxidation sites excluding steroid dienone is 1. The van der Waals surface area contributed by atoms with E-state index in [9.17, 15) is 4.79 Å². The number of fused-ring (bicyclic) bond motifs is 5. The number of carbonyl (C=O) groups excluding carboxylic acids is 1. The lowest BCUT2D eigenvalue weighted by molar-refractivity contribution is -0.119. The zero-order valence-electron chi connectivity index (χ0n) is 7.53. The first kappa shape index (κ1) is 7.56. The summed E-state index contributed by atoms with van der Waals surface area (Å²) in [5, 5.41) is 0.